The number of hydrogen-bond donors (Lipinski definition) is 0. The second-order valence-electron chi connectivity index (χ2n) is 3.67. The van der Waals surface area contributed by atoms with E-state index in [9.17, 15) is 0 Å². The van der Waals surface area contributed by atoms with Crippen molar-refractivity contribution >= 4 is 8.80 Å². The first kappa shape index (κ1) is 20.3. The lowest BCUT2D eigenvalue weighted by molar-refractivity contribution is -0.0110. The fraction of sp³-hybridized carbons (Fsp3) is 1.00. The minimum Gasteiger partial charge on any atom is -0.412 e. The van der Waals surface area contributed by atoms with E-state index in [1.807, 2.05) is 20.8 Å². The van der Waals surface area contributed by atoms with Crippen LogP contribution in [-0.2, 0) is 18.0 Å². The molecule has 0 amide bonds. The Balaban J connectivity index is 0. The van der Waals surface area contributed by atoms with Crippen molar-refractivity contribution in [3.8, 4) is 0 Å². The molecule has 18 heavy (non-hydrogen) atoms. The Bertz CT molecular complexity index is 163. The van der Waals surface area contributed by atoms with Gasteiger partial charge >= 0.3 is 8.80 Å². The molecule has 2 N–H and O–H groups in total. The summed E-state index contributed by atoms with van der Waals surface area (Å²) in [6.45, 7) is 12.6. The summed E-state index contributed by atoms with van der Waals surface area (Å²) in [6, 6.07) is 0. The molecule has 0 radical (unpaired) electrons. The van der Waals surface area contributed by atoms with E-state index in [4.69, 9.17) is 18.0 Å². The van der Waals surface area contributed by atoms with Crippen molar-refractivity contribution in [1.82, 2.24) is 0 Å². The van der Waals surface area contributed by atoms with Crippen molar-refractivity contribution in [2.24, 2.45) is 0 Å². The normalized spacial score (nSPS) is 13.2. The first-order valence-corrected chi connectivity index (χ1v) is 8.54. The molecule has 5 nitrogen and oxygen atoms in total. The second-order valence-corrected chi connectivity index (χ2v) is 6.39. The predicted octanol–water partition coefficient (Wildman–Crippen LogP) is 1.95. The van der Waals surface area contributed by atoms with Gasteiger partial charge < -0.3 is 23.5 Å². The lowest BCUT2D eigenvalue weighted by atomic mass is 10.5. The summed E-state index contributed by atoms with van der Waals surface area (Å²) < 4.78 is 23.3. The Kier molecular flexibility index (Phi) is 13.6. The highest BCUT2D eigenvalue weighted by molar-refractivity contribution is 6.62. The lowest BCUT2D eigenvalue weighted by Crippen LogP contribution is -2.57. The SMILES string of the molecule is CCCOC(CC)[Si](OCC)(OCC)OCC.O. The van der Waals surface area contributed by atoms with Gasteiger partial charge in [-0.3, -0.25) is 0 Å². The van der Waals surface area contributed by atoms with Crippen LogP contribution in [0.4, 0.5) is 0 Å². The van der Waals surface area contributed by atoms with E-state index in [-0.39, 0.29) is 11.2 Å². The van der Waals surface area contributed by atoms with E-state index in [1.165, 1.54) is 0 Å². The fourth-order valence-corrected chi connectivity index (χ4v) is 4.57. The highest BCUT2D eigenvalue weighted by Crippen LogP contribution is 2.20. The van der Waals surface area contributed by atoms with Gasteiger partial charge in [0.05, 0.1) is 0 Å². The molecule has 0 fully saturated rings. The molecule has 0 aromatic carbocycles. The van der Waals surface area contributed by atoms with E-state index in [2.05, 4.69) is 13.8 Å². The van der Waals surface area contributed by atoms with Gasteiger partial charge in [0.1, 0.15) is 5.73 Å². The van der Waals surface area contributed by atoms with Gasteiger partial charge in [-0.2, -0.15) is 0 Å². The summed E-state index contributed by atoms with van der Waals surface area (Å²) in [6.07, 6.45) is 1.84. The zero-order valence-corrected chi connectivity index (χ0v) is 13.5. The third-order valence-corrected chi connectivity index (χ3v) is 5.76. The van der Waals surface area contributed by atoms with Crippen LogP contribution in [0.25, 0.3) is 0 Å². The summed E-state index contributed by atoms with van der Waals surface area (Å²) in [5, 5.41) is 0. The second kappa shape index (κ2) is 12.1. The monoisotopic (exact) mass is 282 g/mol. The number of rotatable bonds is 11. The van der Waals surface area contributed by atoms with Crippen molar-refractivity contribution in [3.05, 3.63) is 0 Å². The van der Waals surface area contributed by atoms with Crippen LogP contribution in [0, 0.1) is 0 Å². The van der Waals surface area contributed by atoms with Gasteiger partial charge in [-0.05, 0) is 33.6 Å². The van der Waals surface area contributed by atoms with Gasteiger partial charge in [0.15, 0.2) is 0 Å². The quantitative estimate of drug-likeness (QED) is 0.543. The van der Waals surface area contributed by atoms with Crippen LogP contribution in [-0.4, -0.2) is 46.4 Å². The molecule has 1 unspecified atom stereocenters. The average molecular weight is 282 g/mol. The number of ether oxygens (including phenoxy) is 1. The molecular formula is C12H30O5Si. The maximum Gasteiger partial charge on any atom is 0.531 e. The van der Waals surface area contributed by atoms with Crippen molar-refractivity contribution in [3.63, 3.8) is 0 Å². The summed E-state index contributed by atoms with van der Waals surface area (Å²) in [4.78, 5) is 0. The van der Waals surface area contributed by atoms with Gasteiger partial charge in [-0.25, -0.2) is 0 Å². The van der Waals surface area contributed by atoms with Gasteiger partial charge in [-0.15, -0.1) is 0 Å². The van der Waals surface area contributed by atoms with Crippen LogP contribution in [0.5, 0.6) is 0 Å². The molecule has 0 aliphatic carbocycles. The van der Waals surface area contributed by atoms with E-state index in [0.717, 1.165) is 19.4 Å². The van der Waals surface area contributed by atoms with Crippen molar-refractivity contribution in [2.75, 3.05) is 26.4 Å². The minimum atomic E-state index is -2.68. The third kappa shape index (κ3) is 6.26. The highest BCUT2D eigenvalue weighted by atomic mass is 28.4. The molecule has 6 heteroatoms. The van der Waals surface area contributed by atoms with Gasteiger partial charge in [0.25, 0.3) is 0 Å². The first-order chi connectivity index (χ1) is 8.20. The molecule has 0 rings (SSSR count). The van der Waals surface area contributed by atoms with Crippen molar-refractivity contribution in [2.45, 2.75) is 53.2 Å². The maximum absolute atomic E-state index is 5.85. The molecule has 0 bridgehead atoms. The third-order valence-electron chi connectivity index (χ3n) is 2.32. The summed E-state index contributed by atoms with van der Waals surface area (Å²) >= 11 is 0. The summed E-state index contributed by atoms with van der Waals surface area (Å²) in [7, 11) is -2.68. The fourth-order valence-electron chi connectivity index (χ4n) is 1.74. The van der Waals surface area contributed by atoms with Gasteiger partial charge in [-0.1, -0.05) is 13.8 Å². The van der Waals surface area contributed by atoms with Gasteiger partial charge in [0.2, 0.25) is 0 Å². The smallest absolute Gasteiger partial charge is 0.412 e. The molecule has 0 heterocycles. The molecule has 0 spiro atoms. The van der Waals surface area contributed by atoms with Crippen LogP contribution >= 0.6 is 0 Å². The highest BCUT2D eigenvalue weighted by Gasteiger charge is 2.49. The standard InChI is InChI=1S/C12H28O4Si.H2O/c1-6-11-13-12(7-2)17(14-8-3,15-9-4)16-10-5;/h12H,6-11H2,1-5H3;1H2. The molecule has 0 aliphatic rings. The molecule has 0 aliphatic heterocycles. The zero-order chi connectivity index (χ0) is 13.1. The molecular weight excluding hydrogens is 252 g/mol. The maximum atomic E-state index is 5.85. The Morgan fingerprint density at radius 1 is 0.833 bits per heavy atom. The number of hydrogen-bond acceptors (Lipinski definition) is 4. The Morgan fingerprint density at radius 3 is 1.56 bits per heavy atom. The minimum absolute atomic E-state index is 0. The molecule has 0 saturated carbocycles. The molecule has 0 aromatic rings. The largest absolute Gasteiger partial charge is 0.531 e. The Hall–Kier alpha value is 0.0169. The molecule has 0 saturated heterocycles. The first-order valence-electron chi connectivity index (χ1n) is 6.74. The van der Waals surface area contributed by atoms with Crippen molar-refractivity contribution in [1.29, 1.82) is 0 Å². The lowest BCUT2D eigenvalue weighted by Gasteiger charge is -2.34. The Morgan fingerprint density at radius 2 is 1.28 bits per heavy atom. The zero-order valence-electron chi connectivity index (χ0n) is 12.5. The van der Waals surface area contributed by atoms with Crippen LogP contribution < -0.4 is 0 Å². The van der Waals surface area contributed by atoms with E-state index in [1.54, 1.807) is 0 Å². The topological polar surface area (TPSA) is 68.4 Å². The molecule has 112 valence electrons. The van der Waals surface area contributed by atoms with Crippen molar-refractivity contribution < 1.29 is 23.5 Å². The Labute approximate surface area is 112 Å². The van der Waals surface area contributed by atoms with E-state index in [0.29, 0.717) is 19.8 Å². The van der Waals surface area contributed by atoms with Crippen LogP contribution in [0.3, 0.4) is 0 Å². The van der Waals surface area contributed by atoms with E-state index < -0.39 is 8.80 Å². The molecule has 1 atom stereocenters. The van der Waals surface area contributed by atoms with Crippen LogP contribution in [0.15, 0.2) is 0 Å². The summed E-state index contributed by atoms with van der Waals surface area (Å²) in [5.74, 6) is 0. The van der Waals surface area contributed by atoms with E-state index >= 15 is 0 Å². The molecule has 0 aromatic heterocycles. The summed E-state index contributed by atoms with van der Waals surface area (Å²) in [5.41, 5.74) is -0.0534. The predicted molar refractivity (Wildman–Crippen MR) is 74.6 cm³/mol. The van der Waals surface area contributed by atoms with Gasteiger partial charge in [0, 0.05) is 26.4 Å². The van der Waals surface area contributed by atoms with Crippen LogP contribution in [0.1, 0.15) is 47.5 Å². The van der Waals surface area contributed by atoms with Crippen LogP contribution in [0.2, 0.25) is 0 Å². The average Bonchev–Trinajstić information content (AvgIpc) is 2.31.